The predicted octanol–water partition coefficient (Wildman–Crippen LogP) is 0.972. The molecule has 1 aliphatic rings. The second-order valence-electron chi connectivity index (χ2n) is 4.89. The van der Waals surface area contributed by atoms with Crippen LogP contribution in [-0.2, 0) is 26.1 Å². The van der Waals surface area contributed by atoms with Crippen molar-refractivity contribution in [2.45, 2.75) is 17.7 Å². The highest BCUT2D eigenvalue weighted by Crippen LogP contribution is 2.21. The number of hydrogen-bond acceptors (Lipinski definition) is 5. The Labute approximate surface area is 128 Å². The molecule has 0 aliphatic carbocycles. The van der Waals surface area contributed by atoms with E-state index >= 15 is 0 Å². The zero-order valence-corrected chi connectivity index (χ0v) is 12.5. The van der Waals surface area contributed by atoms with Crippen molar-refractivity contribution in [1.29, 1.82) is 0 Å². The van der Waals surface area contributed by atoms with E-state index in [0.29, 0.717) is 18.8 Å². The second-order valence-corrected chi connectivity index (χ2v) is 6.24. The molecule has 0 bridgehead atoms. The first kappa shape index (κ1) is 15.1. The second kappa shape index (κ2) is 6.13. The van der Waals surface area contributed by atoms with E-state index in [0.717, 1.165) is 5.69 Å². The lowest BCUT2D eigenvalue weighted by Crippen LogP contribution is -2.40. The molecule has 1 saturated heterocycles. The molecule has 2 heterocycles. The Morgan fingerprint density at radius 1 is 1.09 bits per heavy atom. The van der Waals surface area contributed by atoms with Crippen LogP contribution in [0.25, 0.3) is 0 Å². The van der Waals surface area contributed by atoms with Gasteiger partial charge in [-0.25, -0.2) is 8.42 Å². The van der Waals surface area contributed by atoms with Crippen LogP contribution in [0.1, 0.15) is 17.5 Å². The van der Waals surface area contributed by atoms with Gasteiger partial charge in [0.2, 0.25) is 12.0 Å². The highest BCUT2D eigenvalue weighted by atomic mass is 32.2. The first-order valence-electron chi connectivity index (χ1n) is 6.81. The summed E-state index contributed by atoms with van der Waals surface area (Å²) in [5.74, 6) is 0. The zero-order chi connectivity index (χ0) is 15.6. The Hall–Kier alpha value is -1.80. The minimum absolute atomic E-state index is 0.203. The van der Waals surface area contributed by atoms with Crippen LogP contribution in [0.2, 0.25) is 0 Å². The third-order valence-electron chi connectivity index (χ3n) is 3.42. The van der Waals surface area contributed by atoms with Crippen molar-refractivity contribution in [2.75, 3.05) is 13.2 Å². The lowest BCUT2D eigenvalue weighted by atomic mass is 10.2. The molecule has 0 spiro atoms. The summed E-state index contributed by atoms with van der Waals surface area (Å²) in [7, 11) is -4.51. The first-order chi connectivity index (χ1) is 10.6. The number of aromatic nitrogens is 1. The lowest BCUT2D eigenvalue weighted by molar-refractivity contribution is -0.702. The first-order valence-corrected chi connectivity index (χ1v) is 8.22. The smallest absolute Gasteiger partial charge is 0.245 e. The van der Waals surface area contributed by atoms with Gasteiger partial charge in [-0.15, -0.1) is 0 Å². The highest BCUT2D eigenvalue weighted by Gasteiger charge is 2.27. The van der Waals surface area contributed by atoms with Crippen molar-refractivity contribution in [2.24, 2.45) is 0 Å². The normalized spacial score (nSPS) is 16.0. The summed E-state index contributed by atoms with van der Waals surface area (Å²) in [6.45, 7) is 1.28. The van der Waals surface area contributed by atoms with E-state index in [1.165, 1.54) is 12.1 Å². The van der Waals surface area contributed by atoms with E-state index in [1.54, 1.807) is 18.3 Å². The Kier molecular flexibility index (Phi) is 4.21. The number of nitrogens with zero attached hydrogens (tertiary/aromatic N) is 1. The summed E-state index contributed by atoms with van der Waals surface area (Å²) in [4.78, 5) is -0.203. The molecule has 116 valence electrons. The molecular formula is C15H15NO5S. The third kappa shape index (κ3) is 3.17. The summed E-state index contributed by atoms with van der Waals surface area (Å²) in [6, 6.07) is 11.7. The van der Waals surface area contributed by atoms with Crippen LogP contribution >= 0.6 is 0 Å². The van der Waals surface area contributed by atoms with Crippen molar-refractivity contribution in [3.8, 4) is 0 Å². The molecule has 3 rings (SSSR count). The SMILES string of the molecule is O=S(=O)([O-])c1ccccc1C[n+]1ccccc1C1OCCO1. The summed E-state index contributed by atoms with van der Waals surface area (Å²) < 4.78 is 46.9. The molecule has 0 unspecified atom stereocenters. The fourth-order valence-electron chi connectivity index (χ4n) is 2.44. The van der Waals surface area contributed by atoms with Crippen LogP contribution in [-0.4, -0.2) is 26.2 Å². The molecule has 0 amide bonds. The largest absolute Gasteiger partial charge is 0.744 e. The fraction of sp³-hybridized carbons (Fsp3) is 0.267. The molecular weight excluding hydrogens is 306 g/mol. The molecule has 0 saturated carbocycles. The van der Waals surface area contributed by atoms with Gasteiger partial charge in [-0.05, 0) is 12.1 Å². The van der Waals surface area contributed by atoms with E-state index in [-0.39, 0.29) is 11.4 Å². The minimum atomic E-state index is -4.51. The van der Waals surface area contributed by atoms with E-state index in [9.17, 15) is 13.0 Å². The van der Waals surface area contributed by atoms with Crippen molar-refractivity contribution in [3.63, 3.8) is 0 Å². The van der Waals surface area contributed by atoms with Gasteiger partial charge in [-0.1, -0.05) is 18.2 Å². The summed E-state index contributed by atoms with van der Waals surface area (Å²) in [5, 5.41) is 0. The Bertz CT molecular complexity index is 769. The summed E-state index contributed by atoms with van der Waals surface area (Å²) in [5.41, 5.74) is 1.21. The van der Waals surface area contributed by atoms with Gasteiger partial charge in [0.25, 0.3) is 0 Å². The predicted molar refractivity (Wildman–Crippen MR) is 74.8 cm³/mol. The number of pyridine rings is 1. The number of hydrogen-bond donors (Lipinski definition) is 0. The van der Waals surface area contributed by atoms with Gasteiger partial charge in [-0.2, -0.15) is 4.57 Å². The molecule has 1 aromatic carbocycles. The van der Waals surface area contributed by atoms with Crippen LogP contribution in [0.3, 0.4) is 0 Å². The maximum Gasteiger partial charge on any atom is 0.245 e. The van der Waals surface area contributed by atoms with E-state index < -0.39 is 16.4 Å². The molecule has 1 fully saturated rings. The quantitative estimate of drug-likeness (QED) is 0.619. The molecule has 0 N–H and O–H groups in total. The van der Waals surface area contributed by atoms with Crippen molar-refractivity contribution in [1.82, 2.24) is 0 Å². The molecule has 6 nitrogen and oxygen atoms in total. The van der Waals surface area contributed by atoms with Crippen LogP contribution < -0.4 is 4.57 Å². The fourth-order valence-corrected chi connectivity index (χ4v) is 3.14. The maximum absolute atomic E-state index is 11.4. The molecule has 7 heteroatoms. The number of ether oxygens (including phenoxy) is 2. The van der Waals surface area contributed by atoms with E-state index in [4.69, 9.17) is 9.47 Å². The third-order valence-corrected chi connectivity index (χ3v) is 4.36. The van der Waals surface area contributed by atoms with Crippen molar-refractivity contribution in [3.05, 3.63) is 59.9 Å². The van der Waals surface area contributed by atoms with Crippen LogP contribution in [0.5, 0.6) is 0 Å². The Balaban J connectivity index is 1.98. The lowest BCUT2D eigenvalue weighted by Gasteiger charge is -2.13. The number of rotatable bonds is 4. The maximum atomic E-state index is 11.4. The van der Waals surface area contributed by atoms with Gasteiger partial charge in [-0.3, -0.25) is 0 Å². The molecule has 0 radical (unpaired) electrons. The van der Waals surface area contributed by atoms with Gasteiger partial charge in [0.1, 0.15) is 10.1 Å². The van der Waals surface area contributed by atoms with Crippen LogP contribution in [0.4, 0.5) is 0 Å². The zero-order valence-electron chi connectivity index (χ0n) is 11.7. The summed E-state index contributed by atoms with van der Waals surface area (Å²) in [6.07, 6.45) is 1.33. The average Bonchev–Trinajstić information content (AvgIpc) is 3.01. The van der Waals surface area contributed by atoms with Gasteiger partial charge < -0.3 is 14.0 Å². The van der Waals surface area contributed by atoms with Crippen molar-refractivity contribution >= 4 is 10.1 Å². The average molecular weight is 321 g/mol. The summed E-state index contributed by atoms with van der Waals surface area (Å²) >= 11 is 0. The van der Waals surface area contributed by atoms with E-state index in [2.05, 4.69) is 0 Å². The van der Waals surface area contributed by atoms with Gasteiger partial charge >= 0.3 is 0 Å². The standard InChI is InChI=1S/C15H15NO5S/c17-22(18,19)14-7-2-1-5-12(14)11-16-8-4-3-6-13(16)15-20-9-10-21-15/h1-8,15H,9-11H2. The topological polar surface area (TPSA) is 79.5 Å². The minimum Gasteiger partial charge on any atom is -0.744 e. The monoisotopic (exact) mass is 321 g/mol. The molecule has 1 aromatic heterocycles. The van der Waals surface area contributed by atoms with Gasteiger partial charge in [0.05, 0.1) is 18.1 Å². The van der Waals surface area contributed by atoms with Gasteiger partial charge in [0, 0.05) is 17.7 Å². The highest BCUT2D eigenvalue weighted by molar-refractivity contribution is 7.85. The van der Waals surface area contributed by atoms with Crippen LogP contribution in [0.15, 0.2) is 53.6 Å². The van der Waals surface area contributed by atoms with Crippen molar-refractivity contribution < 1.29 is 27.0 Å². The molecule has 2 aromatic rings. The molecule has 0 atom stereocenters. The van der Waals surface area contributed by atoms with E-state index in [1.807, 2.05) is 22.8 Å². The Morgan fingerprint density at radius 2 is 1.77 bits per heavy atom. The van der Waals surface area contributed by atoms with Crippen LogP contribution in [0, 0.1) is 0 Å². The molecule has 1 aliphatic heterocycles. The number of benzene rings is 1. The van der Waals surface area contributed by atoms with Gasteiger partial charge in [0.15, 0.2) is 12.7 Å². The molecule has 22 heavy (non-hydrogen) atoms. The Morgan fingerprint density at radius 3 is 2.50 bits per heavy atom.